The van der Waals surface area contributed by atoms with E-state index in [1.807, 2.05) is 41.6 Å². The van der Waals surface area contributed by atoms with Crippen LogP contribution < -0.4 is 10.1 Å². The normalized spacial score (nSPS) is 17.5. The summed E-state index contributed by atoms with van der Waals surface area (Å²) < 4.78 is 16.5. The Morgan fingerprint density at radius 2 is 1.97 bits per heavy atom. The molecule has 35 heavy (non-hydrogen) atoms. The van der Waals surface area contributed by atoms with Crippen molar-refractivity contribution in [3.63, 3.8) is 0 Å². The van der Waals surface area contributed by atoms with Gasteiger partial charge in [0.15, 0.2) is 0 Å². The van der Waals surface area contributed by atoms with E-state index in [1.165, 1.54) is 0 Å². The number of benzene rings is 2. The third kappa shape index (κ3) is 7.29. The maximum absolute atomic E-state index is 12.8. The minimum atomic E-state index is -0.201. The first kappa shape index (κ1) is 24.7. The van der Waals surface area contributed by atoms with Crippen molar-refractivity contribution >= 4 is 23.8 Å². The van der Waals surface area contributed by atoms with Gasteiger partial charge in [-0.05, 0) is 48.2 Å². The van der Waals surface area contributed by atoms with E-state index in [9.17, 15) is 9.59 Å². The van der Waals surface area contributed by atoms with Gasteiger partial charge in [0.25, 0.3) is 5.91 Å². The zero-order chi connectivity index (χ0) is 24.5. The Morgan fingerprint density at radius 1 is 1.17 bits per heavy atom. The van der Waals surface area contributed by atoms with Crippen molar-refractivity contribution in [3.05, 3.63) is 59.2 Å². The number of hydrogen-bond acceptors (Lipinski definition) is 7. The molecule has 1 saturated heterocycles. The van der Waals surface area contributed by atoms with Gasteiger partial charge in [-0.15, -0.1) is 0 Å². The summed E-state index contributed by atoms with van der Waals surface area (Å²) in [6.45, 7) is 5.96. The van der Waals surface area contributed by atoms with Crippen LogP contribution in [0.1, 0.15) is 47.7 Å². The summed E-state index contributed by atoms with van der Waals surface area (Å²) in [5.74, 6) is 0.405. The molecule has 1 atom stereocenters. The molecule has 0 saturated carbocycles. The highest BCUT2D eigenvalue weighted by molar-refractivity contribution is 6.04. The summed E-state index contributed by atoms with van der Waals surface area (Å²) in [6, 6.07) is 13.0. The molecule has 0 bridgehead atoms. The zero-order valence-corrected chi connectivity index (χ0v) is 20.2. The van der Waals surface area contributed by atoms with Crippen molar-refractivity contribution in [3.8, 4) is 5.75 Å². The average molecular weight is 480 g/mol. The van der Waals surface area contributed by atoms with Crippen LogP contribution in [-0.2, 0) is 20.7 Å². The lowest BCUT2D eigenvalue weighted by atomic mass is 9.93. The summed E-state index contributed by atoms with van der Waals surface area (Å²) in [4.78, 5) is 24.8. The second-order valence-corrected chi connectivity index (χ2v) is 8.87. The predicted octanol–water partition coefficient (Wildman–Crippen LogP) is 3.89. The van der Waals surface area contributed by atoms with Gasteiger partial charge in [0.1, 0.15) is 5.75 Å². The number of fused-ring (bicyclic) bond motifs is 1. The Labute approximate surface area is 206 Å². The third-order valence-electron chi connectivity index (χ3n) is 6.05. The van der Waals surface area contributed by atoms with Crippen molar-refractivity contribution in [1.29, 1.82) is 0 Å². The number of nitrogens with one attached hydrogen (secondary N) is 1. The minimum absolute atomic E-state index is 0.0848. The van der Waals surface area contributed by atoms with Gasteiger partial charge < -0.3 is 19.5 Å². The molecule has 8 heteroatoms. The Balaban J connectivity index is 1.29. The largest absolute Gasteiger partial charge is 0.493 e. The second kappa shape index (κ2) is 12.4. The van der Waals surface area contributed by atoms with Crippen LogP contribution in [0.3, 0.4) is 0 Å². The SMILES string of the molecule is CCCCOC(=O)CC1COc2cc(C(=O)Nc3ccc(C=NN4CCOCC4)cc3)ccc2C1. The van der Waals surface area contributed by atoms with Gasteiger partial charge in [-0.2, -0.15) is 5.10 Å². The van der Waals surface area contributed by atoms with E-state index in [2.05, 4.69) is 17.3 Å². The maximum Gasteiger partial charge on any atom is 0.306 e. The minimum Gasteiger partial charge on any atom is -0.493 e. The van der Waals surface area contributed by atoms with Crippen LogP contribution in [0.4, 0.5) is 5.69 Å². The van der Waals surface area contributed by atoms with E-state index in [0.717, 1.165) is 43.5 Å². The number of hydrogen-bond donors (Lipinski definition) is 1. The van der Waals surface area contributed by atoms with Gasteiger partial charge in [0, 0.05) is 17.2 Å². The van der Waals surface area contributed by atoms with Gasteiger partial charge in [0.05, 0.1) is 52.2 Å². The number of unbranched alkanes of at least 4 members (excludes halogenated alkanes) is 1. The van der Waals surface area contributed by atoms with E-state index in [1.54, 1.807) is 12.1 Å². The van der Waals surface area contributed by atoms with Gasteiger partial charge in [-0.25, -0.2) is 0 Å². The topological polar surface area (TPSA) is 89.5 Å². The monoisotopic (exact) mass is 479 g/mol. The van der Waals surface area contributed by atoms with E-state index < -0.39 is 0 Å². The molecule has 2 aliphatic rings. The number of carbonyl (C=O) groups is 2. The first-order valence-electron chi connectivity index (χ1n) is 12.3. The van der Waals surface area contributed by atoms with Gasteiger partial charge >= 0.3 is 5.97 Å². The standard InChI is InChI=1S/C27H33N3O5/c1-2-3-12-34-26(31)16-21-15-22-6-7-23(17-25(22)35-19-21)27(32)29-24-8-4-20(5-9-24)18-28-30-10-13-33-14-11-30/h4-9,17-18,21H,2-3,10-16,19H2,1H3,(H,29,32). The quantitative estimate of drug-likeness (QED) is 0.333. The highest BCUT2D eigenvalue weighted by Crippen LogP contribution is 2.30. The number of anilines is 1. The molecule has 0 aliphatic carbocycles. The molecule has 2 aromatic carbocycles. The van der Waals surface area contributed by atoms with Crippen molar-refractivity contribution in [2.45, 2.75) is 32.6 Å². The van der Waals surface area contributed by atoms with E-state index in [-0.39, 0.29) is 17.8 Å². The number of morpholine rings is 1. The highest BCUT2D eigenvalue weighted by atomic mass is 16.5. The highest BCUT2D eigenvalue weighted by Gasteiger charge is 2.24. The van der Waals surface area contributed by atoms with E-state index in [4.69, 9.17) is 14.2 Å². The van der Waals surface area contributed by atoms with Gasteiger partial charge in [0.2, 0.25) is 0 Å². The second-order valence-electron chi connectivity index (χ2n) is 8.87. The van der Waals surface area contributed by atoms with Crippen LogP contribution >= 0.6 is 0 Å². The number of hydrazone groups is 1. The van der Waals surface area contributed by atoms with Crippen LogP contribution in [0.25, 0.3) is 0 Å². The number of carbonyl (C=O) groups excluding carboxylic acids is 2. The molecular formula is C27H33N3O5. The lowest BCUT2D eigenvalue weighted by Crippen LogP contribution is -2.32. The molecule has 0 aromatic heterocycles. The summed E-state index contributed by atoms with van der Waals surface area (Å²) in [5, 5.41) is 9.39. The fraction of sp³-hybridized carbons (Fsp3) is 0.444. The first-order valence-corrected chi connectivity index (χ1v) is 12.3. The Kier molecular flexibility index (Phi) is 8.73. The van der Waals surface area contributed by atoms with Crippen LogP contribution in [-0.4, -0.2) is 62.6 Å². The Morgan fingerprint density at radius 3 is 2.74 bits per heavy atom. The van der Waals surface area contributed by atoms with Crippen molar-refractivity contribution < 1.29 is 23.8 Å². The number of ether oxygens (including phenoxy) is 3. The molecular weight excluding hydrogens is 446 g/mol. The summed E-state index contributed by atoms with van der Waals surface area (Å²) in [5.41, 5.74) is 3.20. The lowest BCUT2D eigenvalue weighted by Gasteiger charge is -2.25. The zero-order valence-electron chi connectivity index (χ0n) is 20.2. The fourth-order valence-corrected chi connectivity index (χ4v) is 4.01. The lowest BCUT2D eigenvalue weighted by molar-refractivity contribution is -0.145. The molecule has 2 heterocycles. The van der Waals surface area contributed by atoms with Crippen molar-refractivity contribution in [1.82, 2.24) is 5.01 Å². The van der Waals surface area contributed by atoms with Crippen LogP contribution in [0.5, 0.6) is 5.75 Å². The Bertz CT molecular complexity index is 1030. The third-order valence-corrected chi connectivity index (χ3v) is 6.05. The number of rotatable bonds is 9. The molecule has 1 amide bonds. The molecule has 2 aromatic rings. The smallest absolute Gasteiger partial charge is 0.306 e. The number of nitrogens with zero attached hydrogens (tertiary/aromatic N) is 2. The summed E-state index contributed by atoms with van der Waals surface area (Å²) in [7, 11) is 0. The first-order chi connectivity index (χ1) is 17.1. The average Bonchev–Trinajstić information content (AvgIpc) is 2.88. The molecule has 2 aliphatic heterocycles. The number of esters is 1. The molecule has 8 nitrogen and oxygen atoms in total. The van der Waals surface area contributed by atoms with E-state index in [0.29, 0.717) is 49.8 Å². The molecule has 186 valence electrons. The maximum atomic E-state index is 12.8. The molecule has 4 rings (SSSR count). The number of amides is 1. The van der Waals surface area contributed by atoms with Crippen LogP contribution in [0.15, 0.2) is 47.6 Å². The molecule has 0 spiro atoms. The van der Waals surface area contributed by atoms with Crippen LogP contribution in [0, 0.1) is 5.92 Å². The van der Waals surface area contributed by atoms with Gasteiger partial charge in [-0.3, -0.25) is 14.6 Å². The van der Waals surface area contributed by atoms with Crippen LogP contribution in [0.2, 0.25) is 0 Å². The molecule has 1 fully saturated rings. The molecule has 1 N–H and O–H groups in total. The summed E-state index contributed by atoms with van der Waals surface area (Å²) in [6.07, 6.45) is 4.77. The molecule has 1 unspecified atom stereocenters. The molecule has 0 radical (unpaired) electrons. The van der Waals surface area contributed by atoms with Gasteiger partial charge in [-0.1, -0.05) is 31.5 Å². The summed E-state index contributed by atoms with van der Waals surface area (Å²) >= 11 is 0. The van der Waals surface area contributed by atoms with E-state index >= 15 is 0 Å². The van der Waals surface area contributed by atoms with Crippen molar-refractivity contribution in [2.75, 3.05) is 44.8 Å². The predicted molar refractivity (Wildman–Crippen MR) is 134 cm³/mol. The van der Waals surface area contributed by atoms with Crippen molar-refractivity contribution in [2.24, 2.45) is 11.0 Å². The fourth-order valence-electron chi connectivity index (χ4n) is 4.01. The Hall–Kier alpha value is -3.39.